The number of imidazole rings is 1. The molecule has 1 aliphatic carbocycles. The number of hydrogen-bond donors (Lipinski definition) is 2. The second kappa shape index (κ2) is 6.91. The molecule has 0 saturated heterocycles. The summed E-state index contributed by atoms with van der Waals surface area (Å²) < 4.78 is 2.98. The number of amides is 1. The molecule has 3 heterocycles. The Balaban J connectivity index is 1.43. The SMILES string of the molecule is O=C(NC1CC1)c1cc(NCc2cn3cc(Br)ccc3n2)nc2ccccc12. The minimum atomic E-state index is -0.0401. The van der Waals surface area contributed by atoms with Crippen LogP contribution in [0.3, 0.4) is 0 Å². The van der Waals surface area contributed by atoms with Gasteiger partial charge >= 0.3 is 0 Å². The van der Waals surface area contributed by atoms with E-state index in [1.165, 1.54) is 0 Å². The van der Waals surface area contributed by atoms with E-state index in [0.717, 1.165) is 39.6 Å². The maximum atomic E-state index is 12.7. The van der Waals surface area contributed by atoms with Gasteiger partial charge in [-0.3, -0.25) is 4.79 Å². The van der Waals surface area contributed by atoms with E-state index in [9.17, 15) is 4.79 Å². The van der Waals surface area contributed by atoms with Gasteiger partial charge in [-0.1, -0.05) is 18.2 Å². The van der Waals surface area contributed by atoms with Gasteiger partial charge in [-0.25, -0.2) is 9.97 Å². The first-order chi connectivity index (χ1) is 13.7. The fourth-order valence-corrected chi connectivity index (χ4v) is 3.58. The van der Waals surface area contributed by atoms with Gasteiger partial charge in [0, 0.05) is 28.3 Å². The van der Waals surface area contributed by atoms with Crippen molar-refractivity contribution < 1.29 is 4.79 Å². The van der Waals surface area contributed by atoms with E-state index in [-0.39, 0.29) is 5.91 Å². The summed E-state index contributed by atoms with van der Waals surface area (Å²) in [4.78, 5) is 22.0. The van der Waals surface area contributed by atoms with Crippen molar-refractivity contribution in [2.24, 2.45) is 0 Å². The van der Waals surface area contributed by atoms with Crippen molar-refractivity contribution in [2.45, 2.75) is 25.4 Å². The summed E-state index contributed by atoms with van der Waals surface area (Å²) >= 11 is 3.47. The third kappa shape index (κ3) is 3.45. The van der Waals surface area contributed by atoms with Crippen LogP contribution in [0.5, 0.6) is 0 Å². The van der Waals surface area contributed by atoms with Crippen molar-refractivity contribution in [3.8, 4) is 0 Å². The number of halogens is 1. The third-order valence-electron chi connectivity index (χ3n) is 4.79. The monoisotopic (exact) mass is 435 g/mol. The molecule has 1 saturated carbocycles. The molecule has 1 amide bonds. The van der Waals surface area contributed by atoms with Gasteiger partial charge in [-0.15, -0.1) is 0 Å². The number of anilines is 1. The number of benzene rings is 1. The summed E-state index contributed by atoms with van der Waals surface area (Å²) in [5.41, 5.74) is 3.24. The van der Waals surface area contributed by atoms with Crippen LogP contribution in [0.2, 0.25) is 0 Å². The van der Waals surface area contributed by atoms with Crippen molar-refractivity contribution in [2.75, 3.05) is 5.32 Å². The molecule has 0 spiro atoms. The lowest BCUT2D eigenvalue weighted by molar-refractivity contribution is 0.0952. The molecule has 5 rings (SSSR count). The Hall–Kier alpha value is -2.93. The molecule has 0 radical (unpaired) electrons. The molecule has 3 aromatic heterocycles. The molecule has 0 atom stereocenters. The highest BCUT2D eigenvalue weighted by atomic mass is 79.9. The number of para-hydroxylation sites is 1. The molecule has 0 aliphatic heterocycles. The number of aromatic nitrogens is 3. The van der Waals surface area contributed by atoms with Crippen LogP contribution in [0.1, 0.15) is 28.9 Å². The summed E-state index contributed by atoms with van der Waals surface area (Å²) in [5.74, 6) is 0.625. The molecule has 28 heavy (non-hydrogen) atoms. The van der Waals surface area contributed by atoms with Crippen molar-refractivity contribution in [3.05, 3.63) is 70.6 Å². The Kier molecular flexibility index (Phi) is 4.24. The highest BCUT2D eigenvalue weighted by Gasteiger charge is 2.25. The van der Waals surface area contributed by atoms with E-state index in [0.29, 0.717) is 24.0 Å². The maximum Gasteiger partial charge on any atom is 0.252 e. The average Bonchev–Trinajstić information content (AvgIpc) is 3.42. The molecule has 140 valence electrons. The topological polar surface area (TPSA) is 71.3 Å². The van der Waals surface area contributed by atoms with Crippen LogP contribution < -0.4 is 10.6 Å². The van der Waals surface area contributed by atoms with E-state index < -0.39 is 0 Å². The van der Waals surface area contributed by atoms with Crippen LogP contribution in [0.4, 0.5) is 5.82 Å². The zero-order chi connectivity index (χ0) is 19.1. The number of nitrogens with zero attached hydrogens (tertiary/aromatic N) is 3. The average molecular weight is 436 g/mol. The van der Waals surface area contributed by atoms with Gasteiger partial charge in [-0.2, -0.15) is 0 Å². The second-order valence-electron chi connectivity index (χ2n) is 7.02. The van der Waals surface area contributed by atoms with Crippen LogP contribution in [-0.2, 0) is 6.54 Å². The number of hydrogen-bond acceptors (Lipinski definition) is 4. The predicted octanol–water partition coefficient (Wildman–Crippen LogP) is 4.15. The molecular weight excluding hydrogens is 418 g/mol. The summed E-state index contributed by atoms with van der Waals surface area (Å²) in [6, 6.07) is 13.8. The van der Waals surface area contributed by atoms with E-state index >= 15 is 0 Å². The van der Waals surface area contributed by atoms with Gasteiger partial charge in [0.25, 0.3) is 5.91 Å². The van der Waals surface area contributed by atoms with Crippen molar-refractivity contribution in [3.63, 3.8) is 0 Å². The molecule has 1 aliphatic rings. The highest BCUT2D eigenvalue weighted by Crippen LogP contribution is 2.24. The van der Waals surface area contributed by atoms with Crippen LogP contribution in [0.15, 0.2) is 59.3 Å². The number of carbonyl (C=O) groups excluding carboxylic acids is 1. The van der Waals surface area contributed by atoms with Crippen molar-refractivity contribution >= 4 is 44.2 Å². The lowest BCUT2D eigenvalue weighted by atomic mass is 10.1. The molecule has 1 fully saturated rings. The lowest BCUT2D eigenvalue weighted by Crippen LogP contribution is -2.25. The molecule has 0 bridgehead atoms. The standard InChI is InChI=1S/C21H18BrN5O/c22-13-5-8-20-24-15(12-27(20)11-13)10-23-19-9-17(21(28)25-14-6-7-14)16-3-1-2-4-18(16)26-19/h1-5,8-9,11-12,14H,6-7,10H2,(H,23,26)(H,25,28). The Labute approximate surface area is 170 Å². The molecule has 2 N–H and O–H groups in total. The number of fused-ring (bicyclic) bond motifs is 2. The minimum Gasteiger partial charge on any atom is -0.364 e. The normalized spacial score (nSPS) is 13.8. The largest absolute Gasteiger partial charge is 0.364 e. The van der Waals surface area contributed by atoms with E-state index in [2.05, 4.69) is 36.5 Å². The van der Waals surface area contributed by atoms with Crippen LogP contribution in [0.25, 0.3) is 16.6 Å². The Morgan fingerprint density at radius 3 is 2.86 bits per heavy atom. The minimum absolute atomic E-state index is 0.0401. The molecule has 4 aromatic rings. The number of pyridine rings is 2. The third-order valence-corrected chi connectivity index (χ3v) is 5.26. The van der Waals surface area contributed by atoms with Crippen molar-refractivity contribution in [1.29, 1.82) is 0 Å². The molecule has 0 unspecified atom stereocenters. The van der Waals surface area contributed by atoms with E-state index in [1.807, 2.05) is 59.3 Å². The lowest BCUT2D eigenvalue weighted by Gasteiger charge is -2.11. The van der Waals surface area contributed by atoms with Gasteiger partial charge in [0.1, 0.15) is 11.5 Å². The van der Waals surface area contributed by atoms with Crippen LogP contribution >= 0.6 is 15.9 Å². The highest BCUT2D eigenvalue weighted by molar-refractivity contribution is 9.10. The molecule has 1 aromatic carbocycles. The molecule has 7 heteroatoms. The first kappa shape index (κ1) is 17.2. The fourth-order valence-electron chi connectivity index (χ4n) is 3.23. The predicted molar refractivity (Wildman–Crippen MR) is 112 cm³/mol. The smallest absolute Gasteiger partial charge is 0.252 e. The zero-order valence-electron chi connectivity index (χ0n) is 15.0. The van der Waals surface area contributed by atoms with E-state index in [1.54, 1.807) is 0 Å². The zero-order valence-corrected chi connectivity index (χ0v) is 16.6. The quantitative estimate of drug-likeness (QED) is 0.493. The van der Waals surface area contributed by atoms with Gasteiger partial charge in [0.2, 0.25) is 0 Å². The Morgan fingerprint density at radius 1 is 1.14 bits per heavy atom. The molecular formula is C21H18BrN5O. The second-order valence-corrected chi connectivity index (χ2v) is 7.93. The van der Waals surface area contributed by atoms with Crippen LogP contribution in [0, 0.1) is 0 Å². The maximum absolute atomic E-state index is 12.7. The number of rotatable bonds is 5. The van der Waals surface area contributed by atoms with Crippen molar-refractivity contribution in [1.82, 2.24) is 19.7 Å². The number of nitrogens with one attached hydrogen (secondary N) is 2. The number of carbonyl (C=O) groups is 1. The fraction of sp³-hybridized carbons (Fsp3) is 0.190. The summed E-state index contributed by atoms with van der Waals surface area (Å²) in [6.45, 7) is 0.522. The van der Waals surface area contributed by atoms with E-state index in [4.69, 9.17) is 0 Å². The van der Waals surface area contributed by atoms with Crippen LogP contribution in [-0.4, -0.2) is 26.3 Å². The Bertz CT molecular complexity index is 1200. The van der Waals surface area contributed by atoms with Gasteiger partial charge in [0.05, 0.1) is 23.3 Å². The van der Waals surface area contributed by atoms with Gasteiger partial charge in [0.15, 0.2) is 0 Å². The van der Waals surface area contributed by atoms with Gasteiger partial charge < -0.3 is 15.0 Å². The Morgan fingerprint density at radius 2 is 2.00 bits per heavy atom. The summed E-state index contributed by atoms with van der Waals surface area (Å²) in [5, 5.41) is 7.25. The van der Waals surface area contributed by atoms with Gasteiger partial charge in [-0.05, 0) is 53.0 Å². The first-order valence-electron chi connectivity index (χ1n) is 9.23. The summed E-state index contributed by atoms with van der Waals surface area (Å²) in [6.07, 6.45) is 6.07. The first-order valence-corrected chi connectivity index (χ1v) is 10.0. The summed E-state index contributed by atoms with van der Waals surface area (Å²) in [7, 11) is 0. The molecule has 6 nitrogen and oxygen atoms in total.